The van der Waals surface area contributed by atoms with Crippen LogP contribution in [0.1, 0.15) is 58.9 Å². The van der Waals surface area contributed by atoms with Crippen molar-refractivity contribution in [3.63, 3.8) is 0 Å². The molecule has 0 aromatic heterocycles. The fourth-order valence-corrected chi connectivity index (χ4v) is 3.07. The van der Waals surface area contributed by atoms with Gasteiger partial charge in [-0.1, -0.05) is 31.2 Å². The summed E-state index contributed by atoms with van der Waals surface area (Å²) in [7, 11) is 0. The van der Waals surface area contributed by atoms with Crippen LogP contribution in [0.4, 0.5) is 5.69 Å². The third-order valence-corrected chi connectivity index (χ3v) is 4.86. The molecule has 2 N–H and O–H groups in total. The fourth-order valence-electron chi connectivity index (χ4n) is 2.82. The first-order valence-electron chi connectivity index (χ1n) is 9.28. The Bertz CT molecular complexity index is 833. The summed E-state index contributed by atoms with van der Waals surface area (Å²) in [5.74, 6) is -0.332. The van der Waals surface area contributed by atoms with Gasteiger partial charge in [0.05, 0.1) is 18.2 Å². The molecule has 27 heavy (non-hydrogen) atoms. The number of hydrogen-bond donors (Lipinski definition) is 2. The third kappa shape index (κ3) is 5.54. The first-order chi connectivity index (χ1) is 12.8. The average Bonchev–Trinajstić information content (AvgIpc) is 2.64. The number of aryl methyl sites for hydroxylation is 3. The van der Waals surface area contributed by atoms with E-state index in [1.807, 2.05) is 13.0 Å². The average molecular weight is 385 g/mol. The van der Waals surface area contributed by atoms with Crippen molar-refractivity contribution in [2.45, 2.75) is 47.1 Å². The zero-order valence-electron chi connectivity index (χ0n) is 16.7. The summed E-state index contributed by atoms with van der Waals surface area (Å²) in [6, 6.07) is 12.0. The Labute approximate surface area is 167 Å². The van der Waals surface area contributed by atoms with E-state index < -0.39 is 0 Å². The minimum absolute atomic E-state index is 0.123. The van der Waals surface area contributed by atoms with Crippen molar-refractivity contribution in [3.8, 4) is 0 Å². The number of carbonyl (C=O) groups excluding carboxylic acids is 1. The van der Waals surface area contributed by atoms with Crippen LogP contribution in [0.25, 0.3) is 0 Å². The first-order valence-corrected chi connectivity index (χ1v) is 9.69. The van der Waals surface area contributed by atoms with Gasteiger partial charge in [-0.05, 0) is 80.7 Å². The van der Waals surface area contributed by atoms with Gasteiger partial charge in [0.1, 0.15) is 0 Å². The molecule has 0 aliphatic heterocycles. The highest BCUT2D eigenvalue weighted by Gasteiger charge is 2.13. The largest absolute Gasteiger partial charge is 0.462 e. The molecule has 4 nitrogen and oxygen atoms in total. The molecule has 0 amide bonds. The number of nitrogens with one attached hydrogen (secondary N) is 2. The maximum Gasteiger partial charge on any atom is 0.338 e. The van der Waals surface area contributed by atoms with Gasteiger partial charge in [-0.3, -0.25) is 0 Å². The van der Waals surface area contributed by atoms with E-state index in [9.17, 15) is 4.79 Å². The zero-order valence-corrected chi connectivity index (χ0v) is 17.5. The smallest absolute Gasteiger partial charge is 0.338 e. The van der Waals surface area contributed by atoms with Crippen molar-refractivity contribution in [2.24, 2.45) is 0 Å². The monoisotopic (exact) mass is 384 g/mol. The van der Waals surface area contributed by atoms with Crippen LogP contribution < -0.4 is 10.6 Å². The number of anilines is 1. The van der Waals surface area contributed by atoms with Crippen LogP contribution in [0.2, 0.25) is 0 Å². The Balaban J connectivity index is 2.12. The predicted octanol–water partition coefficient (Wildman–Crippen LogP) is 5.23. The number of esters is 1. The maximum absolute atomic E-state index is 12.0. The number of carbonyl (C=O) groups is 1. The SMILES string of the molecule is CCOC(=O)c1ccc(C)c(NC(=S)N[C@@H](CC)c2ccc(C)c(C)c2)c1. The molecule has 0 radical (unpaired) electrons. The van der Waals surface area contributed by atoms with Gasteiger partial charge in [0, 0.05) is 5.69 Å². The summed E-state index contributed by atoms with van der Waals surface area (Å²) in [6.45, 7) is 10.5. The van der Waals surface area contributed by atoms with Crippen LogP contribution in [0.3, 0.4) is 0 Å². The number of thiocarbonyl (C=S) groups is 1. The topological polar surface area (TPSA) is 50.4 Å². The highest BCUT2D eigenvalue weighted by Crippen LogP contribution is 2.21. The van der Waals surface area contributed by atoms with Crippen LogP contribution in [-0.4, -0.2) is 17.7 Å². The number of benzene rings is 2. The second-order valence-corrected chi connectivity index (χ2v) is 7.06. The van der Waals surface area contributed by atoms with E-state index in [1.165, 1.54) is 16.7 Å². The van der Waals surface area contributed by atoms with E-state index in [-0.39, 0.29) is 12.0 Å². The molecule has 5 heteroatoms. The van der Waals surface area contributed by atoms with Gasteiger partial charge >= 0.3 is 5.97 Å². The maximum atomic E-state index is 12.0. The second kappa shape index (κ2) is 9.51. The van der Waals surface area contributed by atoms with Gasteiger partial charge in [0.2, 0.25) is 0 Å². The molecular formula is C22H28N2O2S. The minimum atomic E-state index is -0.332. The molecule has 1 atom stereocenters. The van der Waals surface area contributed by atoms with Gasteiger partial charge in [-0.2, -0.15) is 0 Å². The van der Waals surface area contributed by atoms with E-state index in [0.29, 0.717) is 17.3 Å². The van der Waals surface area contributed by atoms with Crippen molar-refractivity contribution < 1.29 is 9.53 Å². The normalized spacial score (nSPS) is 11.6. The van der Waals surface area contributed by atoms with Crippen LogP contribution >= 0.6 is 12.2 Å². The summed E-state index contributed by atoms with van der Waals surface area (Å²) in [5.41, 5.74) is 6.07. The minimum Gasteiger partial charge on any atom is -0.462 e. The van der Waals surface area contributed by atoms with Crippen LogP contribution in [0, 0.1) is 20.8 Å². The Morgan fingerprint density at radius 3 is 2.37 bits per heavy atom. The van der Waals surface area contributed by atoms with E-state index >= 15 is 0 Å². The highest BCUT2D eigenvalue weighted by atomic mass is 32.1. The predicted molar refractivity (Wildman–Crippen MR) is 115 cm³/mol. The lowest BCUT2D eigenvalue weighted by atomic mass is 9.99. The van der Waals surface area contributed by atoms with E-state index in [1.54, 1.807) is 19.1 Å². The Hall–Kier alpha value is -2.40. The zero-order chi connectivity index (χ0) is 20.0. The molecule has 0 saturated heterocycles. The van der Waals surface area contributed by atoms with Crippen LogP contribution in [0.5, 0.6) is 0 Å². The van der Waals surface area contributed by atoms with Crippen molar-refractivity contribution in [2.75, 3.05) is 11.9 Å². The summed E-state index contributed by atoms with van der Waals surface area (Å²) < 4.78 is 5.07. The molecule has 0 aliphatic rings. The number of rotatable bonds is 6. The Morgan fingerprint density at radius 1 is 1.04 bits per heavy atom. The van der Waals surface area contributed by atoms with Crippen LogP contribution in [0.15, 0.2) is 36.4 Å². The molecule has 0 bridgehead atoms. The molecule has 144 valence electrons. The Kier molecular flexibility index (Phi) is 7.36. The van der Waals surface area contributed by atoms with Crippen molar-refractivity contribution in [1.82, 2.24) is 5.32 Å². The van der Waals surface area contributed by atoms with Gasteiger partial charge in [0.25, 0.3) is 0 Å². The summed E-state index contributed by atoms with van der Waals surface area (Å²) >= 11 is 5.52. The molecule has 2 rings (SSSR count). The number of ether oxygens (including phenoxy) is 1. The standard InChI is InChI=1S/C22H28N2O2S/c1-6-19(17-10-8-14(3)16(5)12-17)23-22(27)24-20-13-18(11-9-15(20)4)21(25)26-7-2/h8-13,19H,6-7H2,1-5H3,(H2,23,24,27)/t19-/m0/s1. The van der Waals surface area contributed by atoms with Gasteiger partial charge in [-0.15, -0.1) is 0 Å². The van der Waals surface area contributed by atoms with Gasteiger partial charge in [0.15, 0.2) is 5.11 Å². The highest BCUT2D eigenvalue weighted by molar-refractivity contribution is 7.80. The molecule has 0 spiro atoms. The second-order valence-electron chi connectivity index (χ2n) is 6.65. The molecule has 0 heterocycles. The van der Waals surface area contributed by atoms with Crippen molar-refractivity contribution in [3.05, 3.63) is 64.2 Å². The summed E-state index contributed by atoms with van der Waals surface area (Å²) in [5, 5.41) is 7.14. The quantitative estimate of drug-likeness (QED) is 0.528. The molecule has 2 aromatic carbocycles. The summed E-state index contributed by atoms with van der Waals surface area (Å²) in [6.07, 6.45) is 0.909. The van der Waals surface area contributed by atoms with Gasteiger partial charge in [-0.25, -0.2) is 4.79 Å². The Morgan fingerprint density at radius 2 is 1.74 bits per heavy atom. The summed E-state index contributed by atoms with van der Waals surface area (Å²) in [4.78, 5) is 12.0. The molecule has 0 fully saturated rings. The number of hydrogen-bond acceptors (Lipinski definition) is 3. The van der Waals surface area contributed by atoms with E-state index in [0.717, 1.165) is 17.7 Å². The molecule has 0 aliphatic carbocycles. The molecule has 2 aromatic rings. The third-order valence-electron chi connectivity index (χ3n) is 4.64. The van der Waals surface area contributed by atoms with Crippen molar-refractivity contribution in [1.29, 1.82) is 0 Å². The molecular weight excluding hydrogens is 356 g/mol. The van der Waals surface area contributed by atoms with Gasteiger partial charge < -0.3 is 15.4 Å². The van der Waals surface area contributed by atoms with Crippen molar-refractivity contribution >= 4 is 29.0 Å². The molecule has 0 unspecified atom stereocenters. The lowest BCUT2D eigenvalue weighted by Gasteiger charge is -2.21. The van der Waals surface area contributed by atoms with E-state index in [2.05, 4.69) is 49.6 Å². The van der Waals surface area contributed by atoms with E-state index in [4.69, 9.17) is 17.0 Å². The lowest BCUT2D eigenvalue weighted by Crippen LogP contribution is -2.32. The fraction of sp³-hybridized carbons (Fsp3) is 0.364. The first kappa shape index (κ1) is 20.9. The van der Waals surface area contributed by atoms with Crippen LogP contribution in [-0.2, 0) is 4.74 Å². The lowest BCUT2D eigenvalue weighted by molar-refractivity contribution is 0.0526. The molecule has 0 saturated carbocycles.